The van der Waals surface area contributed by atoms with Crippen molar-refractivity contribution in [3.63, 3.8) is 0 Å². The molecule has 1 amide bonds. The Morgan fingerprint density at radius 3 is 2.50 bits per heavy atom. The fraction of sp³-hybridized carbons (Fsp3) is 0.769. The van der Waals surface area contributed by atoms with Gasteiger partial charge in [-0.15, -0.1) is 10.2 Å². The highest BCUT2D eigenvalue weighted by molar-refractivity contribution is 5.79. The second-order valence-electron chi connectivity index (χ2n) is 5.46. The van der Waals surface area contributed by atoms with Crippen LogP contribution in [0.1, 0.15) is 44.6 Å². The molecule has 1 saturated heterocycles. The summed E-state index contributed by atoms with van der Waals surface area (Å²) in [5.74, 6) is 0.598. The molecule has 0 bridgehead atoms. The maximum absolute atomic E-state index is 12.4. The Labute approximate surface area is 107 Å². The molecule has 0 spiro atoms. The number of hydrogen-bond donors (Lipinski definition) is 0. The molecule has 18 heavy (non-hydrogen) atoms. The molecule has 5 heteroatoms. The largest absolute Gasteiger partial charge is 0.342 e. The van der Waals surface area contributed by atoms with Crippen molar-refractivity contribution in [2.45, 2.75) is 44.6 Å². The highest BCUT2D eigenvalue weighted by Crippen LogP contribution is 2.35. The molecule has 3 rings (SSSR count). The average Bonchev–Trinajstić information content (AvgIpc) is 3.09. The van der Waals surface area contributed by atoms with Crippen LogP contribution >= 0.6 is 0 Å². The summed E-state index contributed by atoms with van der Waals surface area (Å²) in [6.45, 7) is 1.93. The molecule has 98 valence electrons. The van der Waals surface area contributed by atoms with E-state index in [4.69, 9.17) is 0 Å². The number of likely N-dealkylation sites (tertiary alicyclic amines) is 1. The molecule has 1 aliphatic carbocycles. The van der Waals surface area contributed by atoms with Gasteiger partial charge >= 0.3 is 0 Å². The molecule has 2 aliphatic rings. The van der Waals surface area contributed by atoms with Gasteiger partial charge < -0.3 is 9.47 Å². The van der Waals surface area contributed by atoms with Gasteiger partial charge in [0.2, 0.25) is 5.91 Å². The minimum absolute atomic E-state index is 0.218. The van der Waals surface area contributed by atoms with Crippen molar-refractivity contribution in [1.29, 1.82) is 0 Å². The summed E-state index contributed by atoms with van der Waals surface area (Å²) in [7, 11) is 0. The van der Waals surface area contributed by atoms with Gasteiger partial charge in [-0.25, -0.2) is 0 Å². The smallest absolute Gasteiger partial charge is 0.225 e. The van der Waals surface area contributed by atoms with Gasteiger partial charge in [0.1, 0.15) is 12.7 Å². The Bertz CT molecular complexity index is 397. The molecule has 1 aromatic rings. The molecule has 0 radical (unpaired) electrons. The van der Waals surface area contributed by atoms with Crippen LogP contribution in [0.25, 0.3) is 0 Å². The van der Waals surface area contributed by atoms with E-state index in [-0.39, 0.29) is 5.92 Å². The zero-order valence-electron chi connectivity index (χ0n) is 10.7. The van der Waals surface area contributed by atoms with Crippen LogP contribution in [-0.4, -0.2) is 38.7 Å². The first kappa shape index (κ1) is 11.7. The van der Waals surface area contributed by atoms with Crippen LogP contribution in [0.3, 0.4) is 0 Å². The standard InChI is InChI=1S/C13H20N4O/c18-13(16-6-2-1-3-7-16)11-4-5-12(8-11)17-9-14-15-10-17/h9-12H,1-8H2/t11-,12+/m0/s1. The zero-order valence-corrected chi connectivity index (χ0v) is 10.7. The Hall–Kier alpha value is -1.39. The van der Waals surface area contributed by atoms with E-state index in [9.17, 15) is 4.79 Å². The summed E-state index contributed by atoms with van der Waals surface area (Å²) in [6.07, 6.45) is 10.2. The molecule has 5 nitrogen and oxygen atoms in total. The number of carbonyl (C=O) groups excluding carboxylic acids is 1. The fourth-order valence-electron chi connectivity index (χ4n) is 3.22. The van der Waals surface area contributed by atoms with Gasteiger partial charge in [-0.1, -0.05) is 0 Å². The quantitative estimate of drug-likeness (QED) is 0.799. The normalized spacial score (nSPS) is 28.6. The molecular formula is C13H20N4O. The number of nitrogens with zero attached hydrogens (tertiary/aromatic N) is 4. The van der Waals surface area contributed by atoms with Gasteiger partial charge in [0, 0.05) is 25.0 Å². The fourth-order valence-corrected chi connectivity index (χ4v) is 3.22. The van der Waals surface area contributed by atoms with E-state index in [1.807, 2.05) is 4.57 Å². The van der Waals surface area contributed by atoms with Crippen LogP contribution in [0.5, 0.6) is 0 Å². The SMILES string of the molecule is O=C([C@H]1CC[C@@H](n2cnnc2)C1)N1CCCCC1. The first-order valence-electron chi connectivity index (χ1n) is 6.97. The lowest BCUT2D eigenvalue weighted by molar-refractivity contribution is -0.136. The molecule has 0 aromatic carbocycles. The van der Waals surface area contributed by atoms with E-state index in [1.54, 1.807) is 12.7 Å². The predicted octanol–water partition coefficient (Wildman–Crippen LogP) is 1.63. The lowest BCUT2D eigenvalue weighted by Gasteiger charge is -2.29. The summed E-state index contributed by atoms with van der Waals surface area (Å²) in [5.41, 5.74) is 0. The molecular weight excluding hydrogens is 228 g/mol. The third-order valence-electron chi connectivity index (χ3n) is 4.28. The maximum Gasteiger partial charge on any atom is 0.225 e. The van der Waals surface area contributed by atoms with E-state index in [0.717, 1.165) is 32.4 Å². The topological polar surface area (TPSA) is 51.0 Å². The lowest BCUT2D eigenvalue weighted by Crippen LogP contribution is -2.39. The number of piperidine rings is 1. The van der Waals surface area contributed by atoms with Gasteiger partial charge in [-0.05, 0) is 38.5 Å². The van der Waals surface area contributed by atoms with E-state index >= 15 is 0 Å². The third-order valence-corrected chi connectivity index (χ3v) is 4.28. The number of hydrogen-bond acceptors (Lipinski definition) is 3. The summed E-state index contributed by atoms with van der Waals surface area (Å²) in [5, 5.41) is 7.69. The number of aromatic nitrogens is 3. The summed E-state index contributed by atoms with van der Waals surface area (Å²) >= 11 is 0. The Balaban J connectivity index is 1.59. The Morgan fingerprint density at radius 2 is 1.78 bits per heavy atom. The van der Waals surface area contributed by atoms with Crippen molar-refractivity contribution in [2.24, 2.45) is 5.92 Å². The van der Waals surface area contributed by atoms with E-state index in [0.29, 0.717) is 11.9 Å². The monoisotopic (exact) mass is 248 g/mol. The first-order valence-corrected chi connectivity index (χ1v) is 6.97. The number of carbonyl (C=O) groups is 1. The van der Waals surface area contributed by atoms with Crippen LogP contribution < -0.4 is 0 Å². The second-order valence-corrected chi connectivity index (χ2v) is 5.46. The van der Waals surface area contributed by atoms with Crippen molar-refractivity contribution in [3.05, 3.63) is 12.7 Å². The molecule has 1 saturated carbocycles. The zero-order chi connectivity index (χ0) is 12.4. The third kappa shape index (κ3) is 2.26. The van der Waals surface area contributed by atoms with Crippen molar-refractivity contribution in [2.75, 3.05) is 13.1 Å². The lowest BCUT2D eigenvalue weighted by atomic mass is 10.0. The number of rotatable bonds is 2. The van der Waals surface area contributed by atoms with Crippen LogP contribution in [-0.2, 0) is 4.79 Å². The number of amides is 1. The van der Waals surface area contributed by atoms with Crippen molar-refractivity contribution in [3.8, 4) is 0 Å². The van der Waals surface area contributed by atoms with Crippen LogP contribution in [0.4, 0.5) is 0 Å². The molecule has 0 N–H and O–H groups in total. The molecule has 1 aromatic heterocycles. The van der Waals surface area contributed by atoms with E-state index in [1.165, 1.54) is 19.3 Å². The van der Waals surface area contributed by atoms with Crippen LogP contribution in [0, 0.1) is 5.92 Å². The molecule has 2 fully saturated rings. The average molecular weight is 248 g/mol. The highest BCUT2D eigenvalue weighted by Gasteiger charge is 2.33. The molecule has 2 atom stereocenters. The highest BCUT2D eigenvalue weighted by atomic mass is 16.2. The van der Waals surface area contributed by atoms with Gasteiger partial charge in [0.05, 0.1) is 0 Å². The van der Waals surface area contributed by atoms with Gasteiger partial charge in [0.25, 0.3) is 0 Å². The predicted molar refractivity (Wildman–Crippen MR) is 66.8 cm³/mol. The van der Waals surface area contributed by atoms with Gasteiger partial charge in [-0.3, -0.25) is 4.79 Å². The summed E-state index contributed by atoms with van der Waals surface area (Å²) in [4.78, 5) is 14.5. The van der Waals surface area contributed by atoms with E-state index in [2.05, 4.69) is 15.1 Å². The van der Waals surface area contributed by atoms with Crippen molar-refractivity contribution < 1.29 is 4.79 Å². The van der Waals surface area contributed by atoms with Crippen LogP contribution in [0.2, 0.25) is 0 Å². The Morgan fingerprint density at radius 1 is 1.06 bits per heavy atom. The first-order chi connectivity index (χ1) is 8.84. The van der Waals surface area contributed by atoms with Crippen LogP contribution in [0.15, 0.2) is 12.7 Å². The van der Waals surface area contributed by atoms with E-state index < -0.39 is 0 Å². The molecule has 0 unspecified atom stereocenters. The maximum atomic E-state index is 12.4. The van der Waals surface area contributed by atoms with Gasteiger partial charge in [0.15, 0.2) is 0 Å². The minimum Gasteiger partial charge on any atom is -0.342 e. The summed E-state index contributed by atoms with van der Waals surface area (Å²) < 4.78 is 2.05. The molecule has 2 heterocycles. The van der Waals surface area contributed by atoms with Crippen molar-refractivity contribution >= 4 is 5.91 Å². The minimum atomic E-state index is 0.218. The molecule has 1 aliphatic heterocycles. The Kier molecular flexibility index (Phi) is 3.30. The van der Waals surface area contributed by atoms with Gasteiger partial charge in [-0.2, -0.15) is 0 Å². The van der Waals surface area contributed by atoms with Crippen molar-refractivity contribution in [1.82, 2.24) is 19.7 Å². The summed E-state index contributed by atoms with van der Waals surface area (Å²) in [6, 6.07) is 0.416. The second kappa shape index (κ2) is 5.08.